The Hall–Kier alpha value is -1.34. The summed E-state index contributed by atoms with van der Waals surface area (Å²) in [5, 5.41) is 8.47. The fourth-order valence-electron chi connectivity index (χ4n) is 2.16. The standard InChI is InChI=1S/C12H17NO5S/c14-12(15)10-6-7-11(18-10)19(16,17)13-8-4-2-1-3-5-9-13/h6-7H,1-5,8-9H2,(H,14,15). The molecule has 1 N–H and O–H groups in total. The van der Waals surface area contributed by atoms with E-state index >= 15 is 0 Å². The highest BCUT2D eigenvalue weighted by molar-refractivity contribution is 7.89. The first-order valence-electron chi connectivity index (χ1n) is 6.35. The fraction of sp³-hybridized carbons (Fsp3) is 0.583. The Morgan fingerprint density at radius 1 is 1.11 bits per heavy atom. The van der Waals surface area contributed by atoms with Crippen molar-refractivity contribution in [3.63, 3.8) is 0 Å². The lowest BCUT2D eigenvalue weighted by Gasteiger charge is -2.22. The first-order chi connectivity index (χ1) is 9.01. The number of carboxylic acids is 1. The molecule has 1 aliphatic rings. The van der Waals surface area contributed by atoms with Gasteiger partial charge in [0.1, 0.15) is 0 Å². The van der Waals surface area contributed by atoms with E-state index in [4.69, 9.17) is 9.52 Å². The smallest absolute Gasteiger partial charge is 0.371 e. The van der Waals surface area contributed by atoms with Gasteiger partial charge in [0.2, 0.25) is 10.9 Å². The summed E-state index contributed by atoms with van der Waals surface area (Å²) < 4.78 is 30.9. The van der Waals surface area contributed by atoms with Crippen molar-refractivity contribution in [1.29, 1.82) is 0 Å². The third-order valence-electron chi connectivity index (χ3n) is 3.20. The van der Waals surface area contributed by atoms with Gasteiger partial charge < -0.3 is 9.52 Å². The van der Waals surface area contributed by atoms with Gasteiger partial charge in [-0.25, -0.2) is 13.2 Å². The second-order valence-electron chi connectivity index (χ2n) is 4.60. The molecular weight excluding hydrogens is 270 g/mol. The summed E-state index contributed by atoms with van der Waals surface area (Å²) >= 11 is 0. The third kappa shape index (κ3) is 3.16. The molecule has 0 spiro atoms. The zero-order chi connectivity index (χ0) is 13.9. The molecule has 1 aromatic rings. The number of hydrogen-bond acceptors (Lipinski definition) is 4. The monoisotopic (exact) mass is 287 g/mol. The number of carbonyl (C=O) groups is 1. The first-order valence-corrected chi connectivity index (χ1v) is 7.79. The van der Waals surface area contributed by atoms with Crippen LogP contribution >= 0.6 is 0 Å². The van der Waals surface area contributed by atoms with E-state index < -0.39 is 16.0 Å². The lowest BCUT2D eigenvalue weighted by molar-refractivity contribution is 0.0656. The summed E-state index contributed by atoms with van der Waals surface area (Å²) in [4.78, 5) is 10.7. The number of furan rings is 1. The lowest BCUT2D eigenvalue weighted by atomic mass is 10.1. The van der Waals surface area contributed by atoms with Gasteiger partial charge in [0.05, 0.1) is 0 Å². The maximum Gasteiger partial charge on any atom is 0.371 e. The van der Waals surface area contributed by atoms with E-state index in [0.29, 0.717) is 13.1 Å². The summed E-state index contributed by atoms with van der Waals surface area (Å²) in [5.74, 6) is -1.63. The zero-order valence-corrected chi connectivity index (χ0v) is 11.4. The molecule has 19 heavy (non-hydrogen) atoms. The Morgan fingerprint density at radius 3 is 2.21 bits per heavy atom. The van der Waals surface area contributed by atoms with Gasteiger partial charge >= 0.3 is 5.97 Å². The molecule has 6 nitrogen and oxygen atoms in total. The molecule has 0 radical (unpaired) electrons. The van der Waals surface area contributed by atoms with Crippen LogP contribution in [-0.2, 0) is 10.0 Å². The highest BCUT2D eigenvalue weighted by atomic mass is 32.2. The van der Waals surface area contributed by atoms with Crippen LogP contribution in [0.25, 0.3) is 0 Å². The Kier molecular flexibility index (Phi) is 4.26. The summed E-state index contributed by atoms with van der Waals surface area (Å²) in [6.07, 6.45) is 4.82. The van der Waals surface area contributed by atoms with E-state index in [1.165, 1.54) is 16.4 Å². The van der Waals surface area contributed by atoms with Gasteiger partial charge in [0, 0.05) is 13.1 Å². The lowest BCUT2D eigenvalue weighted by Crippen LogP contribution is -2.33. The Labute approximate surface area is 112 Å². The van der Waals surface area contributed by atoms with E-state index in [9.17, 15) is 13.2 Å². The molecule has 0 saturated carbocycles. The molecule has 1 aliphatic heterocycles. The molecule has 2 rings (SSSR count). The number of aromatic carboxylic acids is 1. The van der Waals surface area contributed by atoms with Crippen molar-refractivity contribution < 1.29 is 22.7 Å². The van der Waals surface area contributed by atoms with Crippen LogP contribution in [0.1, 0.15) is 42.7 Å². The molecule has 1 saturated heterocycles. The SMILES string of the molecule is O=C(O)c1ccc(S(=O)(=O)N2CCCCCCC2)o1. The minimum Gasteiger partial charge on any atom is -0.475 e. The first kappa shape index (κ1) is 14.1. The van der Waals surface area contributed by atoms with Crippen LogP contribution in [0.2, 0.25) is 0 Å². The molecule has 2 heterocycles. The number of rotatable bonds is 3. The van der Waals surface area contributed by atoms with Crippen molar-refractivity contribution in [2.24, 2.45) is 0 Å². The van der Waals surface area contributed by atoms with Crippen LogP contribution in [-0.4, -0.2) is 36.9 Å². The van der Waals surface area contributed by atoms with E-state index in [2.05, 4.69) is 0 Å². The van der Waals surface area contributed by atoms with E-state index in [-0.39, 0.29) is 10.9 Å². The van der Waals surface area contributed by atoms with Crippen LogP contribution < -0.4 is 0 Å². The molecule has 1 fully saturated rings. The van der Waals surface area contributed by atoms with Crippen LogP contribution in [0.5, 0.6) is 0 Å². The molecule has 0 amide bonds. The minimum absolute atomic E-state index is 0.287. The normalized spacial score (nSPS) is 18.7. The molecular formula is C12H17NO5S. The fourth-order valence-corrected chi connectivity index (χ4v) is 3.59. The average molecular weight is 287 g/mol. The number of sulfonamides is 1. The maximum absolute atomic E-state index is 12.3. The molecule has 0 aliphatic carbocycles. The highest BCUT2D eigenvalue weighted by Crippen LogP contribution is 2.21. The van der Waals surface area contributed by atoms with Crippen molar-refractivity contribution in [3.8, 4) is 0 Å². The van der Waals surface area contributed by atoms with Crippen molar-refractivity contribution in [2.45, 2.75) is 37.2 Å². The second kappa shape index (κ2) is 5.75. The topological polar surface area (TPSA) is 87.8 Å². The summed E-state index contributed by atoms with van der Waals surface area (Å²) in [6, 6.07) is 2.37. The van der Waals surface area contributed by atoms with Gasteiger partial charge in [-0.05, 0) is 25.0 Å². The van der Waals surface area contributed by atoms with E-state index in [0.717, 1.165) is 32.1 Å². The molecule has 7 heteroatoms. The van der Waals surface area contributed by atoms with Gasteiger partial charge in [-0.15, -0.1) is 0 Å². The van der Waals surface area contributed by atoms with E-state index in [1.807, 2.05) is 0 Å². The predicted molar refractivity (Wildman–Crippen MR) is 67.5 cm³/mol. The minimum atomic E-state index is -3.71. The van der Waals surface area contributed by atoms with Gasteiger partial charge in [0.15, 0.2) is 0 Å². The zero-order valence-electron chi connectivity index (χ0n) is 10.5. The van der Waals surface area contributed by atoms with Crippen LogP contribution in [0, 0.1) is 0 Å². The molecule has 1 aromatic heterocycles. The third-order valence-corrected chi connectivity index (χ3v) is 4.97. The van der Waals surface area contributed by atoms with Crippen molar-refractivity contribution in [1.82, 2.24) is 4.31 Å². The van der Waals surface area contributed by atoms with Gasteiger partial charge in [-0.1, -0.05) is 19.3 Å². The largest absolute Gasteiger partial charge is 0.475 e. The van der Waals surface area contributed by atoms with Gasteiger partial charge in [-0.3, -0.25) is 0 Å². The molecule has 106 valence electrons. The van der Waals surface area contributed by atoms with E-state index in [1.54, 1.807) is 0 Å². The van der Waals surface area contributed by atoms with Crippen LogP contribution in [0.15, 0.2) is 21.6 Å². The van der Waals surface area contributed by atoms with Crippen molar-refractivity contribution in [2.75, 3.05) is 13.1 Å². The van der Waals surface area contributed by atoms with Crippen molar-refractivity contribution >= 4 is 16.0 Å². The maximum atomic E-state index is 12.3. The van der Waals surface area contributed by atoms with Crippen LogP contribution in [0.3, 0.4) is 0 Å². The molecule has 0 unspecified atom stereocenters. The Bertz CT molecular complexity index is 540. The number of hydrogen-bond donors (Lipinski definition) is 1. The number of carboxylic acid groups (broad SMARTS) is 1. The summed E-state index contributed by atoms with van der Waals surface area (Å²) in [5.41, 5.74) is 0. The Morgan fingerprint density at radius 2 is 1.68 bits per heavy atom. The van der Waals surface area contributed by atoms with Gasteiger partial charge in [-0.2, -0.15) is 4.31 Å². The molecule has 0 aromatic carbocycles. The molecule has 0 bridgehead atoms. The van der Waals surface area contributed by atoms with Gasteiger partial charge in [0.25, 0.3) is 10.0 Å². The summed E-state index contributed by atoms with van der Waals surface area (Å²) in [6.45, 7) is 0.927. The number of nitrogens with zero attached hydrogens (tertiary/aromatic N) is 1. The Balaban J connectivity index is 2.21. The van der Waals surface area contributed by atoms with Crippen molar-refractivity contribution in [3.05, 3.63) is 17.9 Å². The predicted octanol–water partition coefficient (Wildman–Crippen LogP) is 1.93. The quantitative estimate of drug-likeness (QED) is 0.917. The molecule has 0 atom stereocenters. The average Bonchev–Trinajstić information content (AvgIpc) is 2.77. The summed E-state index contributed by atoms with van der Waals surface area (Å²) in [7, 11) is -3.71. The van der Waals surface area contributed by atoms with Crippen LogP contribution in [0.4, 0.5) is 0 Å². The highest BCUT2D eigenvalue weighted by Gasteiger charge is 2.28. The second-order valence-corrected chi connectivity index (χ2v) is 6.46.